The molecule has 0 aromatic carbocycles. The quantitative estimate of drug-likeness (QED) is 0.662. The maximum Gasteiger partial charge on any atom is 0.410 e. The van der Waals surface area contributed by atoms with Crippen molar-refractivity contribution in [3.8, 4) is 0 Å². The van der Waals surface area contributed by atoms with Crippen molar-refractivity contribution < 1.29 is 29.2 Å². The number of nitrogens with zero attached hydrogens (tertiary/aromatic N) is 2. The molecule has 1 fully saturated rings. The van der Waals surface area contributed by atoms with Crippen LogP contribution in [0.1, 0.15) is 52.9 Å². The molecule has 2 aliphatic heterocycles. The van der Waals surface area contributed by atoms with Crippen LogP contribution >= 0.6 is 0 Å². The molecule has 0 bridgehead atoms. The normalized spacial score (nSPS) is 21.4. The average molecular weight is 435 g/mol. The third-order valence-corrected chi connectivity index (χ3v) is 5.45. The van der Waals surface area contributed by atoms with Gasteiger partial charge in [-0.2, -0.15) is 0 Å². The smallest absolute Gasteiger partial charge is 0.410 e. The summed E-state index contributed by atoms with van der Waals surface area (Å²) in [6, 6.07) is 0. The van der Waals surface area contributed by atoms with Crippen molar-refractivity contribution in [3.05, 3.63) is 48.6 Å². The van der Waals surface area contributed by atoms with Crippen molar-refractivity contribution in [2.45, 2.75) is 70.2 Å². The number of piperidine rings is 1. The van der Waals surface area contributed by atoms with Crippen molar-refractivity contribution in [3.63, 3.8) is 0 Å². The minimum absolute atomic E-state index is 0.207. The first-order chi connectivity index (χ1) is 14.7. The molecule has 8 heteroatoms. The van der Waals surface area contributed by atoms with Crippen molar-refractivity contribution >= 4 is 6.09 Å². The molecule has 0 radical (unpaired) electrons. The lowest BCUT2D eigenvalue weighted by Crippen LogP contribution is -2.50. The Morgan fingerprint density at radius 1 is 1.32 bits per heavy atom. The third-order valence-electron chi connectivity index (χ3n) is 5.45. The van der Waals surface area contributed by atoms with Crippen LogP contribution in [0.15, 0.2) is 48.6 Å². The largest absolute Gasteiger partial charge is 0.464 e. The van der Waals surface area contributed by atoms with Gasteiger partial charge in [0.1, 0.15) is 18.1 Å². The number of allylic oxidation sites excluding steroid dienone is 4. The Morgan fingerprint density at radius 3 is 2.65 bits per heavy atom. The Morgan fingerprint density at radius 2 is 2.06 bits per heavy atom. The molecule has 1 saturated heterocycles. The van der Waals surface area contributed by atoms with Crippen LogP contribution in [-0.2, 0) is 14.2 Å². The summed E-state index contributed by atoms with van der Waals surface area (Å²) in [5.41, 5.74) is -0.580. The summed E-state index contributed by atoms with van der Waals surface area (Å²) in [5, 5.41) is 21.9. The molecule has 1 aliphatic carbocycles. The van der Waals surface area contributed by atoms with Gasteiger partial charge >= 0.3 is 6.09 Å². The number of aliphatic hydroxyl groups is 2. The molecule has 172 valence electrons. The van der Waals surface area contributed by atoms with Crippen LogP contribution in [0.4, 0.5) is 4.79 Å². The molecule has 0 saturated carbocycles. The van der Waals surface area contributed by atoms with E-state index in [0.29, 0.717) is 31.8 Å². The fourth-order valence-electron chi connectivity index (χ4n) is 3.90. The minimum atomic E-state index is -1.04. The molecule has 2 N–H and O–H groups in total. The second-order valence-corrected chi connectivity index (χ2v) is 9.27. The van der Waals surface area contributed by atoms with Crippen molar-refractivity contribution in [1.29, 1.82) is 0 Å². The van der Waals surface area contributed by atoms with Crippen LogP contribution in [-0.4, -0.2) is 63.0 Å². The van der Waals surface area contributed by atoms with Crippen LogP contribution in [0.3, 0.4) is 0 Å². The molecular formula is C23H34N2O6. The Kier molecular flexibility index (Phi) is 7.33. The molecule has 1 amide bonds. The standard InChI is InChI=1S/C23H34N2O6/c1-22(2,3)31-21(27)24-11-9-23(28,10-12-24)15-19(26)16-25(18-7-5-4-6-8-18)20-17-29-13-14-30-20/h4-5,7,13-14,17,19,26,28H,6,8-12,15-16H2,1-3H3. The van der Waals surface area contributed by atoms with Gasteiger partial charge in [-0.3, -0.25) is 0 Å². The maximum absolute atomic E-state index is 12.3. The van der Waals surface area contributed by atoms with Gasteiger partial charge in [-0.05, 0) is 52.5 Å². The van der Waals surface area contributed by atoms with Crippen molar-refractivity contribution in [2.24, 2.45) is 0 Å². The van der Waals surface area contributed by atoms with E-state index in [-0.39, 0.29) is 19.1 Å². The van der Waals surface area contributed by atoms with Gasteiger partial charge in [-0.25, -0.2) is 4.79 Å². The second-order valence-electron chi connectivity index (χ2n) is 9.27. The zero-order valence-electron chi connectivity index (χ0n) is 18.6. The highest BCUT2D eigenvalue weighted by atomic mass is 16.6. The number of aliphatic hydroxyl groups excluding tert-OH is 1. The maximum atomic E-state index is 12.3. The van der Waals surface area contributed by atoms with E-state index in [9.17, 15) is 15.0 Å². The highest BCUT2D eigenvalue weighted by Gasteiger charge is 2.37. The number of amides is 1. The molecule has 0 aromatic rings. The van der Waals surface area contributed by atoms with Gasteiger partial charge in [0.15, 0.2) is 6.26 Å². The van der Waals surface area contributed by atoms with E-state index < -0.39 is 17.3 Å². The Balaban J connectivity index is 1.57. The highest BCUT2D eigenvalue weighted by molar-refractivity contribution is 5.68. The van der Waals surface area contributed by atoms with Gasteiger partial charge in [0, 0.05) is 25.2 Å². The Labute approximate surface area is 184 Å². The van der Waals surface area contributed by atoms with Crippen LogP contribution in [0.5, 0.6) is 0 Å². The SMILES string of the molecule is CC(C)(C)OC(=O)N1CCC(O)(CC(O)CN(C2=CC=CCC2)C2=COC=CO2)CC1. The molecule has 3 aliphatic rings. The van der Waals surface area contributed by atoms with E-state index in [0.717, 1.165) is 18.5 Å². The summed E-state index contributed by atoms with van der Waals surface area (Å²) in [5.74, 6) is 0.495. The third kappa shape index (κ3) is 6.77. The molecule has 8 nitrogen and oxygen atoms in total. The van der Waals surface area contributed by atoms with Gasteiger partial charge in [0.2, 0.25) is 5.88 Å². The zero-order chi connectivity index (χ0) is 22.5. The molecule has 0 spiro atoms. The van der Waals surface area contributed by atoms with E-state index in [1.165, 1.54) is 18.8 Å². The molecular weight excluding hydrogens is 400 g/mol. The summed E-state index contributed by atoms with van der Waals surface area (Å²) < 4.78 is 16.2. The minimum Gasteiger partial charge on any atom is -0.464 e. The monoisotopic (exact) mass is 434 g/mol. The molecule has 2 heterocycles. The molecule has 0 aromatic heterocycles. The number of carbonyl (C=O) groups is 1. The van der Waals surface area contributed by atoms with Crippen LogP contribution in [0.2, 0.25) is 0 Å². The number of likely N-dealkylation sites (tertiary alicyclic amines) is 1. The molecule has 1 atom stereocenters. The van der Waals surface area contributed by atoms with E-state index in [1.54, 1.807) is 4.90 Å². The summed E-state index contributed by atoms with van der Waals surface area (Å²) in [4.78, 5) is 15.8. The molecule has 31 heavy (non-hydrogen) atoms. The van der Waals surface area contributed by atoms with E-state index in [2.05, 4.69) is 6.08 Å². The summed E-state index contributed by atoms with van der Waals surface area (Å²) in [7, 11) is 0. The number of hydrogen-bond acceptors (Lipinski definition) is 7. The van der Waals surface area contributed by atoms with Crippen molar-refractivity contribution in [1.82, 2.24) is 9.80 Å². The van der Waals surface area contributed by atoms with Crippen LogP contribution in [0.25, 0.3) is 0 Å². The highest BCUT2D eigenvalue weighted by Crippen LogP contribution is 2.30. The number of ether oxygens (including phenoxy) is 3. The summed E-state index contributed by atoms with van der Waals surface area (Å²) >= 11 is 0. The van der Waals surface area contributed by atoms with Gasteiger partial charge in [0.25, 0.3) is 0 Å². The first kappa shape index (κ1) is 23.2. The van der Waals surface area contributed by atoms with Crippen molar-refractivity contribution in [2.75, 3.05) is 19.6 Å². The van der Waals surface area contributed by atoms with Crippen LogP contribution in [0, 0.1) is 0 Å². The van der Waals surface area contributed by atoms with E-state index >= 15 is 0 Å². The van der Waals surface area contributed by atoms with Gasteiger partial charge < -0.3 is 34.2 Å². The Bertz CT molecular complexity index is 757. The van der Waals surface area contributed by atoms with Crippen LogP contribution < -0.4 is 0 Å². The van der Waals surface area contributed by atoms with Gasteiger partial charge in [-0.15, -0.1) is 0 Å². The van der Waals surface area contributed by atoms with Gasteiger partial charge in [0.05, 0.1) is 18.2 Å². The predicted molar refractivity (Wildman–Crippen MR) is 115 cm³/mol. The van der Waals surface area contributed by atoms with E-state index in [4.69, 9.17) is 14.2 Å². The predicted octanol–water partition coefficient (Wildman–Crippen LogP) is 3.35. The fourth-order valence-corrected chi connectivity index (χ4v) is 3.90. The fraction of sp³-hybridized carbons (Fsp3) is 0.609. The topological polar surface area (TPSA) is 91.7 Å². The summed E-state index contributed by atoms with van der Waals surface area (Å²) in [6.45, 7) is 6.54. The zero-order valence-corrected chi connectivity index (χ0v) is 18.6. The number of hydrogen-bond donors (Lipinski definition) is 2. The number of rotatable bonds is 6. The lowest BCUT2D eigenvalue weighted by Gasteiger charge is -2.40. The lowest BCUT2D eigenvalue weighted by molar-refractivity contribution is -0.0614. The lowest BCUT2D eigenvalue weighted by atomic mass is 9.86. The van der Waals surface area contributed by atoms with E-state index in [1.807, 2.05) is 37.8 Å². The first-order valence-electron chi connectivity index (χ1n) is 10.8. The second kappa shape index (κ2) is 9.78. The molecule has 3 rings (SSSR count). The van der Waals surface area contributed by atoms with Gasteiger partial charge in [-0.1, -0.05) is 12.2 Å². The summed E-state index contributed by atoms with van der Waals surface area (Å²) in [6.07, 6.45) is 12.0. The molecule has 1 unspecified atom stereocenters. The number of carbonyl (C=O) groups excluding carboxylic acids is 1. The Hall–Kier alpha value is -2.45. The average Bonchev–Trinajstić information content (AvgIpc) is 2.72. The first-order valence-corrected chi connectivity index (χ1v) is 10.8.